The van der Waals surface area contributed by atoms with Gasteiger partial charge in [-0.3, -0.25) is 18.7 Å². The number of carbonyl (C=O) groups is 1. The maximum atomic E-state index is 13.4. The van der Waals surface area contributed by atoms with Gasteiger partial charge >= 0.3 is 5.69 Å². The van der Waals surface area contributed by atoms with Crippen LogP contribution in [0.3, 0.4) is 0 Å². The molecule has 4 rings (SSSR count). The molecule has 0 saturated carbocycles. The van der Waals surface area contributed by atoms with E-state index in [9.17, 15) is 27.6 Å². The van der Waals surface area contributed by atoms with E-state index < -0.39 is 41.2 Å². The first kappa shape index (κ1) is 21.0. The third-order valence-corrected chi connectivity index (χ3v) is 4.60. The summed E-state index contributed by atoms with van der Waals surface area (Å²) in [6.45, 7) is -0.758. The smallest absolute Gasteiger partial charge is 0.324 e. The highest BCUT2D eigenvalue weighted by Crippen LogP contribution is 2.13. The zero-order valence-electron chi connectivity index (χ0n) is 16.3. The van der Waals surface area contributed by atoms with Crippen molar-refractivity contribution in [2.24, 2.45) is 0 Å². The molecule has 0 aliphatic carbocycles. The number of anilines is 1. The molecule has 2 aromatic heterocycles. The molecule has 4 aromatic rings. The normalized spacial score (nSPS) is 11.0. The highest BCUT2D eigenvalue weighted by molar-refractivity contribution is 5.91. The Hall–Kier alpha value is -4.28. The van der Waals surface area contributed by atoms with E-state index in [0.717, 1.165) is 27.3 Å². The maximum absolute atomic E-state index is 13.4. The number of benzene rings is 2. The van der Waals surface area contributed by atoms with Gasteiger partial charge in [0.05, 0.1) is 6.54 Å². The van der Waals surface area contributed by atoms with E-state index in [0.29, 0.717) is 5.56 Å². The van der Waals surface area contributed by atoms with Crippen LogP contribution in [-0.4, -0.2) is 25.0 Å². The quantitative estimate of drug-likeness (QED) is 0.511. The molecule has 2 aromatic carbocycles. The predicted octanol–water partition coefficient (Wildman–Crippen LogP) is 2.06. The Balaban J connectivity index is 1.73. The second kappa shape index (κ2) is 8.46. The SMILES string of the molecule is O=C(Cn1c(=O)n(Cc2ccc(F)cc2)c(=O)c2nccnc21)Nc1ccc(F)c(F)c1. The Kier molecular flexibility index (Phi) is 5.54. The van der Waals surface area contributed by atoms with E-state index in [4.69, 9.17) is 0 Å². The number of halogens is 3. The predicted molar refractivity (Wildman–Crippen MR) is 109 cm³/mol. The molecule has 0 saturated heterocycles. The van der Waals surface area contributed by atoms with Crippen LogP contribution in [0.2, 0.25) is 0 Å². The monoisotopic (exact) mass is 441 g/mol. The lowest BCUT2D eigenvalue weighted by atomic mass is 10.2. The minimum atomic E-state index is -1.15. The van der Waals surface area contributed by atoms with Crippen LogP contribution >= 0.6 is 0 Å². The lowest BCUT2D eigenvalue weighted by Gasteiger charge is -2.13. The second-order valence-corrected chi connectivity index (χ2v) is 6.79. The third kappa shape index (κ3) is 4.13. The summed E-state index contributed by atoms with van der Waals surface area (Å²) in [6, 6.07) is 8.02. The van der Waals surface area contributed by atoms with Gasteiger partial charge in [0.15, 0.2) is 22.8 Å². The number of amides is 1. The fourth-order valence-corrected chi connectivity index (χ4v) is 3.10. The van der Waals surface area contributed by atoms with E-state index in [1.165, 1.54) is 36.7 Å². The summed E-state index contributed by atoms with van der Waals surface area (Å²) in [5, 5.41) is 2.36. The first-order chi connectivity index (χ1) is 15.3. The number of aromatic nitrogens is 4. The van der Waals surface area contributed by atoms with Crippen molar-refractivity contribution in [3.05, 3.63) is 98.7 Å². The molecule has 0 unspecified atom stereocenters. The first-order valence-electron chi connectivity index (χ1n) is 9.27. The van der Waals surface area contributed by atoms with Gasteiger partial charge in [0, 0.05) is 24.1 Å². The van der Waals surface area contributed by atoms with Gasteiger partial charge in [-0.2, -0.15) is 0 Å². The number of hydrogen-bond acceptors (Lipinski definition) is 5. The van der Waals surface area contributed by atoms with Gasteiger partial charge in [0.2, 0.25) is 5.91 Å². The molecule has 11 heteroatoms. The van der Waals surface area contributed by atoms with Gasteiger partial charge in [-0.05, 0) is 29.8 Å². The van der Waals surface area contributed by atoms with Gasteiger partial charge in [0.25, 0.3) is 5.56 Å². The van der Waals surface area contributed by atoms with Crippen LogP contribution in [-0.2, 0) is 17.9 Å². The second-order valence-electron chi connectivity index (χ2n) is 6.79. The van der Waals surface area contributed by atoms with Crippen molar-refractivity contribution in [1.29, 1.82) is 0 Å². The average molecular weight is 441 g/mol. The van der Waals surface area contributed by atoms with Gasteiger partial charge in [-0.25, -0.2) is 27.9 Å². The van der Waals surface area contributed by atoms with Gasteiger partial charge in [0.1, 0.15) is 12.4 Å². The molecule has 0 fully saturated rings. The number of nitrogens with one attached hydrogen (secondary N) is 1. The van der Waals surface area contributed by atoms with Gasteiger partial charge in [-0.15, -0.1) is 0 Å². The van der Waals surface area contributed by atoms with Gasteiger partial charge < -0.3 is 5.32 Å². The van der Waals surface area contributed by atoms with E-state index >= 15 is 0 Å². The number of nitrogens with zero attached hydrogens (tertiary/aromatic N) is 4. The summed E-state index contributed by atoms with van der Waals surface area (Å²) < 4.78 is 41.5. The summed E-state index contributed by atoms with van der Waals surface area (Å²) in [6.07, 6.45) is 2.53. The molecule has 0 bridgehead atoms. The number of carbonyl (C=O) groups excluding carboxylic acids is 1. The summed E-state index contributed by atoms with van der Waals surface area (Å²) in [7, 11) is 0. The molecule has 1 amide bonds. The Morgan fingerprint density at radius 3 is 2.34 bits per heavy atom. The molecule has 0 aliphatic rings. The minimum absolute atomic E-state index is 0.0167. The van der Waals surface area contributed by atoms with Crippen molar-refractivity contribution in [2.45, 2.75) is 13.1 Å². The zero-order chi connectivity index (χ0) is 22.8. The lowest BCUT2D eigenvalue weighted by molar-refractivity contribution is -0.116. The Morgan fingerprint density at radius 1 is 0.906 bits per heavy atom. The maximum Gasteiger partial charge on any atom is 0.333 e. The zero-order valence-corrected chi connectivity index (χ0v) is 16.3. The Morgan fingerprint density at radius 2 is 1.62 bits per heavy atom. The van der Waals surface area contributed by atoms with E-state index in [2.05, 4.69) is 15.3 Å². The van der Waals surface area contributed by atoms with Crippen LogP contribution < -0.4 is 16.6 Å². The van der Waals surface area contributed by atoms with Crippen molar-refractivity contribution < 1.29 is 18.0 Å². The van der Waals surface area contributed by atoms with Gasteiger partial charge in [-0.1, -0.05) is 12.1 Å². The standard InChI is InChI=1S/C21H14F3N5O3/c22-13-3-1-12(2-4-13)10-29-20(31)18-19(26-8-7-25-18)28(21(29)32)11-17(30)27-14-5-6-15(23)16(24)9-14/h1-9H,10-11H2,(H,27,30). The molecule has 1 N–H and O–H groups in total. The highest BCUT2D eigenvalue weighted by Gasteiger charge is 2.18. The van der Waals surface area contributed by atoms with E-state index in [1.54, 1.807) is 0 Å². The Bertz CT molecular complexity index is 1450. The molecular formula is C21H14F3N5O3. The molecule has 162 valence electrons. The van der Waals surface area contributed by atoms with Crippen molar-refractivity contribution >= 4 is 22.8 Å². The molecule has 8 nitrogen and oxygen atoms in total. The number of hydrogen-bond donors (Lipinski definition) is 1. The summed E-state index contributed by atoms with van der Waals surface area (Å²) >= 11 is 0. The first-order valence-corrected chi connectivity index (χ1v) is 9.27. The fraction of sp³-hybridized carbons (Fsp3) is 0.0952. The fourth-order valence-electron chi connectivity index (χ4n) is 3.10. The van der Waals surface area contributed by atoms with Crippen molar-refractivity contribution in [2.75, 3.05) is 5.32 Å². The number of rotatable bonds is 5. The molecular weight excluding hydrogens is 427 g/mol. The number of fused-ring (bicyclic) bond motifs is 1. The van der Waals surface area contributed by atoms with Crippen LogP contribution in [0.25, 0.3) is 11.2 Å². The topological polar surface area (TPSA) is 98.9 Å². The highest BCUT2D eigenvalue weighted by atomic mass is 19.2. The van der Waals surface area contributed by atoms with Crippen LogP contribution in [0.4, 0.5) is 18.9 Å². The Labute approximate surface area is 177 Å². The van der Waals surface area contributed by atoms with Crippen LogP contribution in [0.15, 0.2) is 64.4 Å². The van der Waals surface area contributed by atoms with Crippen molar-refractivity contribution in [3.63, 3.8) is 0 Å². The average Bonchev–Trinajstić information content (AvgIpc) is 2.78. The molecule has 32 heavy (non-hydrogen) atoms. The molecule has 0 spiro atoms. The van der Waals surface area contributed by atoms with E-state index in [-0.39, 0.29) is 23.4 Å². The van der Waals surface area contributed by atoms with Crippen LogP contribution in [0, 0.1) is 17.5 Å². The molecule has 0 radical (unpaired) electrons. The summed E-state index contributed by atoms with van der Waals surface area (Å²) in [5.41, 5.74) is -1.36. The molecule has 2 heterocycles. The third-order valence-electron chi connectivity index (χ3n) is 4.60. The van der Waals surface area contributed by atoms with Crippen LogP contribution in [0.5, 0.6) is 0 Å². The lowest BCUT2D eigenvalue weighted by Crippen LogP contribution is -2.42. The van der Waals surface area contributed by atoms with Crippen molar-refractivity contribution in [1.82, 2.24) is 19.1 Å². The molecule has 0 aliphatic heterocycles. The van der Waals surface area contributed by atoms with E-state index in [1.807, 2.05) is 0 Å². The molecule has 0 atom stereocenters. The van der Waals surface area contributed by atoms with Crippen LogP contribution in [0.1, 0.15) is 5.56 Å². The minimum Gasteiger partial charge on any atom is -0.324 e. The summed E-state index contributed by atoms with van der Waals surface area (Å²) in [5.74, 6) is -3.44. The largest absolute Gasteiger partial charge is 0.333 e. The van der Waals surface area contributed by atoms with Crippen molar-refractivity contribution in [3.8, 4) is 0 Å². The summed E-state index contributed by atoms with van der Waals surface area (Å²) in [4.78, 5) is 46.3.